The number of fused-ring (bicyclic) bond motifs is 3. The highest BCUT2D eigenvalue weighted by molar-refractivity contribution is 6.02. The molecular formula is C24H18N2O3. The standard InChI is InChI=1S/C24H18N2O3/c27-23-22-21(19-13-7-8-14-20(19)29-22)25(15-17-9-3-1-4-10-17)24(28)26(23)16-18-11-5-2-6-12-18/h1-14H,15-16H2. The zero-order valence-electron chi connectivity index (χ0n) is 15.6. The SMILES string of the molecule is O=c1c2oc3ccccc3c2n(Cc2ccccc2)c(=O)n1Cc1ccccc1. The van der Waals surface area contributed by atoms with Gasteiger partial charge < -0.3 is 4.42 Å². The van der Waals surface area contributed by atoms with Gasteiger partial charge in [0.05, 0.1) is 13.1 Å². The van der Waals surface area contributed by atoms with Crippen molar-refractivity contribution in [3.05, 3.63) is 117 Å². The summed E-state index contributed by atoms with van der Waals surface area (Å²) in [6, 6.07) is 26.6. The maximum atomic E-state index is 13.4. The highest BCUT2D eigenvalue weighted by Gasteiger charge is 2.20. The molecule has 0 aliphatic rings. The molecule has 0 aliphatic carbocycles. The largest absolute Gasteiger partial charge is 0.449 e. The maximum Gasteiger partial charge on any atom is 0.332 e. The number of aromatic nitrogens is 2. The Hall–Kier alpha value is -3.86. The Morgan fingerprint density at radius 2 is 1.21 bits per heavy atom. The lowest BCUT2D eigenvalue weighted by molar-refractivity contribution is 0.600. The molecule has 29 heavy (non-hydrogen) atoms. The van der Waals surface area contributed by atoms with Crippen LogP contribution in [0.5, 0.6) is 0 Å². The topological polar surface area (TPSA) is 57.1 Å². The van der Waals surface area contributed by atoms with E-state index >= 15 is 0 Å². The van der Waals surface area contributed by atoms with Gasteiger partial charge in [0, 0.05) is 5.39 Å². The molecule has 0 saturated carbocycles. The van der Waals surface area contributed by atoms with Gasteiger partial charge in [0.15, 0.2) is 0 Å². The molecule has 0 spiro atoms. The van der Waals surface area contributed by atoms with Crippen LogP contribution < -0.4 is 11.2 Å². The van der Waals surface area contributed by atoms with Crippen molar-refractivity contribution < 1.29 is 4.42 Å². The van der Waals surface area contributed by atoms with Crippen LogP contribution in [0.1, 0.15) is 11.1 Å². The van der Waals surface area contributed by atoms with Crippen molar-refractivity contribution in [2.75, 3.05) is 0 Å². The minimum Gasteiger partial charge on any atom is -0.449 e. The molecule has 0 N–H and O–H groups in total. The number of furan rings is 1. The van der Waals surface area contributed by atoms with Crippen LogP contribution in [0.4, 0.5) is 0 Å². The summed E-state index contributed by atoms with van der Waals surface area (Å²) in [5.41, 5.74) is 2.45. The third-order valence-corrected chi connectivity index (χ3v) is 5.11. The minimum atomic E-state index is -0.408. The van der Waals surface area contributed by atoms with Crippen LogP contribution >= 0.6 is 0 Å². The summed E-state index contributed by atoms with van der Waals surface area (Å²) in [5.74, 6) is 0. The van der Waals surface area contributed by atoms with E-state index < -0.39 is 5.56 Å². The Balaban J connectivity index is 1.81. The number of hydrogen-bond donors (Lipinski definition) is 0. The molecule has 5 rings (SSSR count). The van der Waals surface area contributed by atoms with Crippen LogP contribution in [0, 0.1) is 0 Å². The van der Waals surface area contributed by atoms with E-state index in [1.807, 2.05) is 84.9 Å². The second-order valence-corrected chi connectivity index (χ2v) is 7.01. The van der Waals surface area contributed by atoms with Gasteiger partial charge in [-0.2, -0.15) is 0 Å². The quantitative estimate of drug-likeness (QED) is 0.472. The lowest BCUT2D eigenvalue weighted by Gasteiger charge is -2.12. The molecule has 5 heteroatoms. The van der Waals surface area contributed by atoms with Gasteiger partial charge in [-0.3, -0.25) is 13.9 Å². The fourth-order valence-electron chi connectivity index (χ4n) is 3.71. The summed E-state index contributed by atoms with van der Waals surface area (Å²) in [4.78, 5) is 26.6. The number of rotatable bonds is 4. The second-order valence-electron chi connectivity index (χ2n) is 7.01. The third kappa shape index (κ3) is 2.97. The van der Waals surface area contributed by atoms with E-state index in [0.717, 1.165) is 16.5 Å². The molecule has 0 fully saturated rings. The molecule has 5 aromatic rings. The summed E-state index contributed by atoms with van der Waals surface area (Å²) >= 11 is 0. The van der Waals surface area contributed by atoms with Gasteiger partial charge in [-0.05, 0) is 23.3 Å². The van der Waals surface area contributed by atoms with Crippen molar-refractivity contribution in [2.24, 2.45) is 0 Å². The zero-order chi connectivity index (χ0) is 19.8. The van der Waals surface area contributed by atoms with Crippen molar-refractivity contribution in [1.82, 2.24) is 9.13 Å². The highest BCUT2D eigenvalue weighted by Crippen LogP contribution is 2.26. The molecule has 3 aromatic carbocycles. The highest BCUT2D eigenvalue weighted by atomic mass is 16.3. The van der Waals surface area contributed by atoms with Crippen molar-refractivity contribution in [2.45, 2.75) is 13.1 Å². The summed E-state index contributed by atoms with van der Waals surface area (Å²) < 4.78 is 8.79. The summed E-state index contributed by atoms with van der Waals surface area (Å²) in [6.07, 6.45) is 0. The van der Waals surface area contributed by atoms with Crippen molar-refractivity contribution >= 4 is 22.1 Å². The maximum absolute atomic E-state index is 13.4. The number of benzene rings is 3. The number of nitrogens with zero attached hydrogens (tertiary/aromatic N) is 2. The molecule has 0 saturated heterocycles. The molecule has 142 valence electrons. The van der Waals surface area contributed by atoms with Crippen LogP contribution in [0.2, 0.25) is 0 Å². The lowest BCUT2D eigenvalue weighted by atomic mass is 10.2. The van der Waals surface area contributed by atoms with Gasteiger partial charge in [0.1, 0.15) is 11.1 Å². The summed E-state index contributed by atoms with van der Waals surface area (Å²) in [6.45, 7) is 0.551. The van der Waals surface area contributed by atoms with Gasteiger partial charge in [-0.1, -0.05) is 72.8 Å². The number of para-hydroxylation sites is 1. The molecule has 5 nitrogen and oxygen atoms in total. The summed E-state index contributed by atoms with van der Waals surface area (Å²) in [5, 5.41) is 0.763. The molecule has 2 aromatic heterocycles. The first-order chi connectivity index (χ1) is 14.2. The smallest absolute Gasteiger partial charge is 0.332 e. The molecule has 0 unspecified atom stereocenters. The zero-order valence-corrected chi connectivity index (χ0v) is 15.6. The van der Waals surface area contributed by atoms with Crippen molar-refractivity contribution in [3.63, 3.8) is 0 Å². The Morgan fingerprint density at radius 3 is 1.86 bits per heavy atom. The normalized spacial score (nSPS) is 11.3. The Kier molecular flexibility index (Phi) is 4.13. The van der Waals surface area contributed by atoms with Crippen LogP contribution in [0.25, 0.3) is 22.1 Å². The molecular weight excluding hydrogens is 364 g/mol. The van der Waals surface area contributed by atoms with E-state index in [0.29, 0.717) is 17.6 Å². The Labute approximate surface area is 166 Å². The van der Waals surface area contributed by atoms with Gasteiger partial charge >= 0.3 is 5.69 Å². The van der Waals surface area contributed by atoms with Crippen LogP contribution in [0.15, 0.2) is 98.9 Å². The van der Waals surface area contributed by atoms with Gasteiger partial charge in [-0.15, -0.1) is 0 Å². The molecule has 2 heterocycles. The van der Waals surface area contributed by atoms with E-state index in [1.54, 1.807) is 4.57 Å². The lowest BCUT2D eigenvalue weighted by Crippen LogP contribution is -2.40. The monoisotopic (exact) mass is 382 g/mol. The molecule has 0 atom stereocenters. The van der Waals surface area contributed by atoms with Crippen molar-refractivity contribution in [1.29, 1.82) is 0 Å². The van der Waals surface area contributed by atoms with Crippen LogP contribution in [-0.4, -0.2) is 9.13 Å². The fraction of sp³-hybridized carbons (Fsp3) is 0.0833. The van der Waals surface area contributed by atoms with Crippen LogP contribution in [-0.2, 0) is 13.1 Å². The van der Waals surface area contributed by atoms with E-state index in [1.165, 1.54) is 4.57 Å². The molecule has 0 aliphatic heterocycles. The first kappa shape index (κ1) is 17.3. The Morgan fingerprint density at radius 1 is 0.655 bits per heavy atom. The average molecular weight is 382 g/mol. The van der Waals surface area contributed by atoms with E-state index in [-0.39, 0.29) is 17.8 Å². The predicted molar refractivity (Wildman–Crippen MR) is 113 cm³/mol. The Bertz CT molecular complexity index is 1430. The molecule has 0 bridgehead atoms. The molecule has 0 amide bonds. The minimum absolute atomic E-state index is 0.195. The van der Waals surface area contributed by atoms with Gasteiger partial charge in [0.25, 0.3) is 5.56 Å². The van der Waals surface area contributed by atoms with E-state index in [4.69, 9.17) is 4.42 Å². The third-order valence-electron chi connectivity index (χ3n) is 5.11. The average Bonchev–Trinajstić information content (AvgIpc) is 3.15. The van der Waals surface area contributed by atoms with E-state index in [2.05, 4.69) is 0 Å². The first-order valence-corrected chi connectivity index (χ1v) is 9.45. The molecule has 0 radical (unpaired) electrons. The van der Waals surface area contributed by atoms with Gasteiger partial charge in [0.2, 0.25) is 5.58 Å². The van der Waals surface area contributed by atoms with Gasteiger partial charge in [-0.25, -0.2) is 4.79 Å². The summed E-state index contributed by atoms with van der Waals surface area (Å²) in [7, 11) is 0. The number of hydrogen-bond acceptors (Lipinski definition) is 3. The fourth-order valence-corrected chi connectivity index (χ4v) is 3.71. The first-order valence-electron chi connectivity index (χ1n) is 9.45. The van der Waals surface area contributed by atoms with Crippen LogP contribution in [0.3, 0.4) is 0 Å². The predicted octanol–water partition coefficient (Wildman–Crippen LogP) is 4.01. The van der Waals surface area contributed by atoms with Crippen molar-refractivity contribution in [3.8, 4) is 0 Å². The van der Waals surface area contributed by atoms with E-state index in [9.17, 15) is 9.59 Å². The second kappa shape index (κ2) is 6.95.